The third-order valence-corrected chi connectivity index (χ3v) is 5.35. The molecule has 0 aliphatic carbocycles. The molecule has 3 rings (SSSR count). The second kappa shape index (κ2) is 8.12. The number of anilines is 2. The molecule has 1 aliphatic heterocycles. The van der Waals surface area contributed by atoms with Crippen molar-refractivity contribution in [2.45, 2.75) is 38.0 Å². The van der Waals surface area contributed by atoms with Gasteiger partial charge in [-0.1, -0.05) is 44.2 Å². The van der Waals surface area contributed by atoms with Crippen LogP contribution in [0.15, 0.2) is 30.3 Å². The lowest BCUT2D eigenvalue weighted by molar-refractivity contribution is -0.148. The van der Waals surface area contributed by atoms with E-state index in [2.05, 4.69) is 33.7 Å². The highest BCUT2D eigenvalue weighted by molar-refractivity contribution is 5.83. The first-order valence-corrected chi connectivity index (χ1v) is 9.69. The minimum absolute atomic E-state index is 0.175. The predicted octanol–water partition coefficient (Wildman–Crippen LogP) is 2.77. The average Bonchev–Trinajstić information content (AvgIpc) is 2.73. The Morgan fingerprint density at radius 3 is 2.29 bits per heavy atom. The number of aromatic nitrogens is 3. The summed E-state index contributed by atoms with van der Waals surface area (Å²) in [6, 6.07) is 9.92. The zero-order valence-corrected chi connectivity index (χ0v) is 17.3. The van der Waals surface area contributed by atoms with Crippen molar-refractivity contribution in [1.82, 2.24) is 15.0 Å². The topological polar surface area (TPSA) is 71.5 Å². The predicted molar refractivity (Wildman–Crippen MR) is 110 cm³/mol. The number of hydrogen-bond donors (Lipinski definition) is 0. The van der Waals surface area contributed by atoms with Gasteiger partial charge in [-0.25, -0.2) is 0 Å². The summed E-state index contributed by atoms with van der Waals surface area (Å²) in [7, 11) is 5.32. The Bertz CT molecular complexity index is 789. The van der Waals surface area contributed by atoms with Crippen molar-refractivity contribution < 1.29 is 9.53 Å². The second-order valence-electron chi connectivity index (χ2n) is 7.77. The Balaban J connectivity index is 1.89. The Labute approximate surface area is 166 Å². The fourth-order valence-electron chi connectivity index (χ4n) is 3.62. The van der Waals surface area contributed by atoms with Crippen molar-refractivity contribution in [2.24, 2.45) is 0 Å². The van der Waals surface area contributed by atoms with Gasteiger partial charge in [-0.3, -0.25) is 4.79 Å². The monoisotopic (exact) mass is 383 g/mol. The Kier molecular flexibility index (Phi) is 5.82. The molecular weight excluding hydrogens is 354 g/mol. The van der Waals surface area contributed by atoms with E-state index in [1.54, 1.807) is 0 Å². The van der Waals surface area contributed by atoms with Gasteiger partial charge in [-0.2, -0.15) is 15.0 Å². The molecule has 0 atom stereocenters. The maximum atomic E-state index is 12.7. The van der Waals surface area contributed by atoms with Crippen LogP contribution in [0.1, 0.15) is 44.0 Å². The molecule has 1 fully saturated rings. The zero-order chi connectivity index (χ0) is 20.3. The molecule has 0 unspecified atom stereocenters. The fraction of sp³-hybridized carbons (Fsp3) is 0.524. The van der Waals surface area contributed by atoms with Crippen molar-refractivity contribution in [3.63, 3.8) is 0 Å². The lowest BCUT2D eigenvalue weighted by Crippen LogP contribution is -2.48. The third-order valence-electron chi connectivity index (χ3n) is 5.35. The molecule has 1 aromatic carbocycles. The van der Waals surface area contributed by atoms with Crippen molar-refractivity contribution in [2.75, 3.05) is 44.1 Å². The Morgan fingerprint density at radius 1 is 1.11 bits per heavy atom. The van der Waals surface area contributed by atoms with Gasteiger partial charge >= 0.3 is 5.97 Å². The van der Waals surface area contributed by atoms with E-state index < -0.39 is 5.41 Å². The zero-order valence-electron chi connectivity index (χ0n) is 17.3. The summed E-state index contributed by atoms with van der Waals surface area (Å²) in [5, 5.41) is 0. The smallest absolute Gasteiger partial charge is 0.316 e. The SMILES string of the molecule is COC(=O)C1(c2ccccc2)CCN(c2nc(C(C)C)nc(N(C)C)n2)CC1. The molecule has 150 valence electrons. The van der Waals surface area contributed by atoms with E-state index in [1.165, 1.54) is 7.11 Å². The molecule has 1 saturated heterocycles. The number of esters is 1. The number of hydrogen-bond acceptors (Lipinski definition) is 7. The van der Waals surface area contributed by atoms with Gasteiger partial charge in [0, 0.05) is 33.1 Å². The molecule has 0 saturated carbocycles. The summed E-state index contributed by atoms with van der Waals surface area (Å²) in [4.78, 5) is 30.6. The number of nitrogens with zero attached hydrogens (tertiary/aromatic N) is 5. The summed E-state index contributed by atoms with van der Waals surface area (Å²) in [6.45, 7) is 5.51. The molecule has 2 aromatic rings. The summed E-state index contributed by atoms with van der Waals surface area (Å²) in [5.74, 6) is 2.15. The Morgan fingerprint density at radius 2 is 1.75 bits per heavy atom. The van der Waals surface area contributed by atoms with Gasteiger partial charge in [-0.15, -0.1) is 0 Å². The molecule has 7 heteroatoms. The molecule has 28 heavy (non-hydrogen) atoms. The van der Waals surface area contributed by atoms with Crippen LogP contribution in [-0.4, -0.2) is 55.2 Å². The lowest BCUT2D eigenvalue weighted by atomic mass is 9.73. The van der Waals surface area contributed by atoms with Crippen LogP contribution in [0.4, 0.5) is 11.9 Å². The standard InChI is InChI=1S/C21H29N5O2/c1-15(2)17-22-19(25(3)4)24-20(23-17)26-13-11-21(12-14-26,18(27)28-5)16-9-7-6-8-10-16/h6-10,15H,11-14H2,1-5H3. The molecule has 7 nitrogen and oxygen atoms in total. The first-order valence-electron chi connectivity index (χ1n) is 9.69. The van der Waals surface area contributed by atoms with Crippen molar-refractivity contribution in [3.8, 4) is 0 Å². The van der Waals surface area contributed by atoms with Crippen molar-refractivity contribution >= 4 is 17.9 Å². The van der Waals surface area contributed by atoms with Gasteiger partial charge in [0.05, 0.1) is 12.5 Å². The van der Waals surface area contributed by atoms with E-state index in [0.717, 1.165) is 11.4 Å². The highest BCUT2D eigenvalue weighted by atomic mass is 16.5. The number of piperidine rings is 1. The van der Waals surface area contributed by atoms with E-state index in [0.29, 0.717) is 37.8 Å². The van der Waals surface area contributed by atoms with Crippen LogP contribution in [0.3, 0.4) is 0 Å². The van der Waals surface area contributed by atoms with E-state index in [4.69, 9.17) is 4.74 Å². The quantitative estimate of drug-likeness (QED) is 0.735. The van der Waals surface area contributed by atoms with Crippen LogP contribution < -0.4 is 9.80 Å². The van der Waals surface area contributed by atoms with Gasteiger partial charge in [0.15, 0.2) is 0 Å². The number of rotatable bonds is 5. The molecule has 0 spiro atoms. The molecule has 2 heterocycles. The number of ether oxygens (including phenoxy) is 1. The van der Waals surface area contributed by atoms with Crippen LogP contribution >= 0.6 is 0 Å². The molecule has 0 N–H and O–H groups in total. The number of methoxy groups -OCH3 is 1. The summed E-state index contributed by atoms with van der Waals surface area (Å²) < 4.78 is 5.18. The first-order chi connectivity index (χ1) is 13.4. The highest BCUT2D eigenvalue weighted by Crippen LogP contribution is 2.37. The lowest BCUT2D eigenvalue weighted by Gasteiger charge is -2.40. The third kappa shape index (κ3) is 3.79. The van der Waals surface area contributed by atoms with Gasteiger partial charge in [-0.05, 0) is 18.4 Å². The molecular formula is C21H29N5O2. The molecule has 1 aromatic heterocycles. The van der Waals surface area contributed by atoms with Crippen LogP contribution in [-0.2, 0) is 14.9 Å². The van der Waals surface area contributed by atoms with E-state index in [1.807, 2.05) is 49.3 Å². The molecule has 1 aliphatic rings. The number of carbonyl (C=O) groups excluding carboxylic acids is 1. The Hall–Kier alpha value is -2.70. The minimum atomic E-state index is -0.620. The summed E-state index contributed by atoms with van der Waals surface area (Å²) >= 11 is 0. The summed E-state index contributed by atoms with van der Waals surface area (Å²) in [5.41, 5.74) is 0.388. The minimum Gasteiger partial charge on any atom is -0.468 e. The maximum absolute atomic E-state index is 12.7. The number of carbonyl (C=O) groups is 1. The number of benzene rings is 1. The largest absolute Gasteiger partial charge is 0.468 e. The van der Waals surface area contributed by atoms with Crippen molar-refractivity contribution in [3.05, 3.63) is 41.7 Å². The van der Waals surface area contributed by atoms with Crippen LogP contribution in [0.5, 0.6) is 0 Å². The van der Waals surface area contributed by atoms with E-state index >= 15 is 0 Å². The van der Waals surface area contributed by atoms with Crippen molar-refractivity contribution in [1.29, 1.82) is 0 Å². The van der Waals surface area contributed by atoms with Crippen LogP contribution in [0.25, 0.3) is 0 Å². The van der Waals surface area contributed by atoms with Gasteiger partial charge in [0.25, 0.3) is 0 Å². The van der Waals surface area contributed by atoms with Gasteiger partial charge < -0.3 is 14.5 Å². The van der Waals surface area contributed by atoms with Gasteiger partial charge in [0.1, 0.15) is 5.82 Å². The average molecular weight is 383 g/mol. The van der Waals surface area contributed by atoms with Gasteiger partial charge in [0.2, 0.25) is 11.9 Å². The van der Waals surface area contributed by atoms with E-state index in [9.17, 15) is 4.79 Å². The molecule has 0 amide bonds. The molecule has 0 radical (unpaired) electrons. The maximum Gasteiger partial charge on any atom is 0.316 e. The van der Waals surface area contributed by atoms with Crippen LogP contribution in [0, 0.1) is 0 Å². The highest BCUT2D eigenvalue weighted by Gasteiger charge is 2.44. The van der Waals surface area contributed by atoms with Crippen LogP contribution in [0.2, 0.25) is 0 Å². The normalized spacial score (nSPS) is 16.1. The fourth-order valence-corrected chi connectivity index (χ4v) is 3.62. The van der Waals surface area contributed by atoms with E-state index in [-0.39, 0.29) is 11.9 Å². The second-order valence-corrected chi connectivity index (χ2v) is 7.77. The summed E-state index contributed by atoms with van der Waals surface area (Å²) in [6.07, 6.45) is 1.31. The first kappa shape index (κ1) is 20.0. The molecule has 0 bridgehead atoms.